The molecule has 2 atom stereocenters. The Morgan fingerprint density at radius 3 is 2.50 bits per heavy atom. The van der Waals surface area contributed by atoms with Gasteiger partial charge in [0.2, 0.25) is 11.8 Å². The van der Waals surface area contributed by atoms with Gasteiger partial charge in [0, 0.05) is 12.3 Å². The lowest BCUT2D eigenvalue weighted by atomic mass is 9.89. The van der Waals surface area contributed by atoms with Crippen molar-refractivity contribution in [2.75, 3.05) is 0 Å². The quantitative estimate of drug-likeness (QED) is 0.505. The van der Waals surface area contributed by atoms with Crippen molar-refractivity contribution in [2.45, 2.75) is 71.6 Å². The summed E-state index contributed by atoms with van der Waals surface area (Å²) in [5.41, 5.74) is 0. The molecule has 0 spiro atoms. The van der Waals surface area contributed by atoms with Crippen LogP contribution in [0.3, 0.4) is 0 Å². The second-order valence-electron chi connectivity index (χ2n) is 5.51. The van der Waals surface area contributed by atoms with Crippen molar-refractivity contribution in [1.82, 2.24) is 5.32 Å². The molecule has 2 amide bonds. The van der Waals surface area contributed by atoms with Gasteiger partial charge in [0.05, 0.1) is 0 Å². The van der Waals surface area contributed by atoms with E-state index in [9.17, 15) is 9.59 Å². The van der Waals surface area contributed by atoms with E-state index in [-0.39, 0.29) is 17.7 Å². The fraction of sp³-hybridized carbons (Fsp3) is 0.867. The molecular weight excluding hydrogens is 226 g/mol. The summed E-state index contributed by atoms with van der Waals surface area (Å²) in [5, 5.41) is 2.39. The number of unbranched alkanes of at least 4 members (excludes halogenated alkanes) is 3. The van der Waals surface area contributed by atoms with Crippen LogP contribution in [0.5, 0.6) is 0 Å². The molecule has 1 N–H and O–H groups in total. The van der Waals surface area contributed by atoms with E-state index >= 15 is 0 Å². The van der Waals surface area contributed by atoms with E-state index in [0.717, 1.165) is 18.8 Å². The molecule has 1 aliphatic heterocycles. The largest absolute Gasteiger partial charge is 0.296 e. The van der Waals surface area contributed by atoms with Gasteiger partial charge < -0.3 is 0 Å². The van der Waals surface area contributed by atoms with E-state index in [1.807, 2.05) is 0 Å². The molecule has 3 nitrogen and oxygen atoms in total. The molecule has 1 saturated heterocycles. The van der Waals surface area contributed by atoms with Crippen molar-refractivity contribution in [3.05, 3.63) is 0 Å². The number of rotatable bonds is 9. The van der Waals surface area contributed by atoms with Crippen LogP contribution in [-0.2, 0) is 9.59 Å². The standard InChI is InChI=1S/C15H27NO2/c1-3-5-6-7-8-12(4-2)9-10-13-11-14(17)16-15(13)18/h12-13H,3-11H2,1-2H3,(H,16,17,18). The molecule has 0 aromatic rings. The number of nitrogens with one attached hydrogen (secondary N) is 1. The molecule has 1 rings (SSSR count). The zero-order valence-corrected chi connectivity index (χ0v) is 11.8. The Morgan fingerprint density at radius 1 is 1.17 bits per heavy atom. The lowest BCUT2D eigenvalue weighted by Crippen LogP contribution is -2.22. The zero-order chi connectivity index (χ0) is 13.4. The van der Waals surface area contributed by atoms with Crippen molar-refractivity contribution in [2.24, 2.45) is 11.8 Å². The molecule has 104 valence electrons. The van der Waals surface area contributed by atoms with Crippen LogP contribution in [0.15, 0.2) is 0 Å². The summed E-state index contributed by atoms with van der Waals surface area (Å²) < 4.78 is 0. The predicted molar refractivity (Wildman–Crippen MR) is 73.0 cm³/mol. The molecule has 0 radical (unpaired) electrons. The number of carbonyl (C=O) groups excluding carboxylic acids is 2. The number of hydrogen-bond acceptors (Lipinski definition) is 2. The Hall–Kier alpha value is -0.860. The maximum Gasteiger partial charge on any atom is 0.230 e. The Morgan fingerprint density at radius 2 is 1.94 bits per heavy atom. The van der Waals surface area contributed by atoms with Crippen molar-refractivity contribution in [3.8, 4) is 0 Å². The summed E-state index contributed by atoms with van der Waals surface area (Å²) in [5.74, 6) is 0.523. The Bertz CT molecular complexity index is 276. The molecule has 0 bridgehead atoms. The monoisotopic (exact) mass is 253 g/mol. The van der Waals surface area contributed by atoms with Gasteiger partial charge in [0.15, 0.2) is 0 Å². The molecular formula is C15H27NO2. The second-order valence-corrected chi connectivity index (χ2v) is 5.51. The van der Waals surface area contributed by atoms with Gasteiger partial charge in [0.1, 0.15) is 0 Å². The van der Waals surface area contributed by atoms with Crippen LogP contribution in [0.1, 0.15) is 71.6 Å². The first-order valence-corrected chi connectivity index (χ1v) is 7.51. The van der Waals surface area contributed by atoms with E-state index in [4.69, 9.17) is 0 Å². The van der Waals surface area contributed by atoms with Crippen molar-refractivity contribution < 1.29 is 9.59 Å². The number of amides is 2. The minimum Gasteiger partial charge on any atom is -0.296 e. The maximum absolute atomic E-state index is 11.5. The molecule has 18 heavy (non-hydrogen) atoms. The normalized spacial score (nSPS) is 21.1. The molecule has 0 aliphatic carbocycles. The first-order valence-electron chi connectivity index (χ1n) is 7.51. The van der Waals surface area contributed by atoms with E-state index in [2.05, 4.69) is 19.2 Å². The van der Waals surface area contributed by atoms with Crippen molar-refractivity contribution in [3.63, 3.8) is 0 Å². The molecule has 2 unspecified atom stereocenters. The van der Waals surface area contributed by atoms with Crippen LogP contribution in [0.4, 0.5) is 0 Å². The third-order valence-corrected chi connectivity index (χ3v) is 4.03. The van der Waals surface area contributed by atoms with Crippen LogP contribution in [0.2, 0.25) is 0 Å². The van der Waals surface area contributed by atoms with E-state index < -0.39 is 0 Å². The SMILES string of the molecule is CCCCCCC(CC)CCC1CC(=O)NC1=O. The maximum atomic E-state index is 11.5. The molecule has 0 saturated carbocycles. The smallest absolute Gasteiger partial charge is 0.230 e. The van der Waals surface area contributed by atoms with Crippen molar-refractivity contribution in [1.29, 1.82) is 0 Å². The Labute approximate surface area is 111 Å². The predicted octanol–water partition coefficient (Wildman–Crippen LogP) is 3.43. The fourth-order valence-corrected chi connectivity index (χ4v) is 2.69. The summed E-state index contributed by atoms with van der Waals surface area (Å²) in [6.45, 7) is 4.46. The van der Waals surface area contributed by atoms with Crippen LogP contribution in [0, 0.1) is 11.8 Å². The van der Waals surface area contributed by atoms with Gasteiger partial charge >= 0.3 is 0 Å². The summed E-state index contributed by atoms with van der Waals surface area (Å²) in [7, 11) is 0. The van der Waals surface area contributed by atoms with Gasteiger partial charge in [-0.25, -0.2) is 0 Å². The summed E-state index contributed by atoms with van der Waals surface area (Å²) >= 11 is 0. The van der Waals surface area contributed by atoms with Gasteiger partial charge in [-0.1, -0.05) is 52.4 Å². The summed E-state index contributed by atoms with van der Waals surface area (Å²) in [6.07, 6.45) is 10.1. The third kappa shape index (κ3) is 5.19. The summed E-state index contributed by atoms with van der Waals surface area (Å²) in [6, 6.07) is 0. The first kappa shape index (κ1) is 15.2. The van der Waals surface area contributed by atoms with E-state index in [1.165, 1.54) is 38.5 Å². The highest BCUT2D eigenvalue weighted by Gasteiger charge is 2.30. The highest BCUT2D eigenvalue weighted by molar-refractivity contribution is 6.03. The lowest BCUT2D eigenvalue weighted by molar-refractivity contribution is -0.125. The molecule has 1 fully saturated rings. The van der Waals surface area contributed by atoms with Gasteiger partial charge in [-0.2, -0.15) is 0 Å². The molecule has 1 heterocycles. The highest BCUT2D eigenvalue weighted by atomic mass is 16.2. The van der Waals surface area contributed by atoms with Gasteiger partial charge in [0.25, 0.3) is 0 Å². The number of carbonyl (C=O) groups is 2. The molecule has 1 aliphatic rings. The topological polar surface area (TPSA) is 46.2 Å². The van der Waals surface area contributed by atoms with Crippen LogP contribution in [0.25, 0.3) is 0 Å². The zero-order valence-electron chi connectivity index (χ0n) is 11.8. The van der Waals surface area contributed by atoms with Gasteiger partial charge in [-0.3, -0.25) is 14.9 Å². The highest BCUT2D eigenvalue weighted by Crippen LogP contribution is 2.25. The second kappa shape index (κ2) is 8.28. The average Bonchev–Trinajstić information content (AvgIpc) is 2.67. The summed E-state index contributed by atoms with van der Waals surface area (Å²) in [4.78, 5) is 22.5. The van der Waals surface area contributed by atoms with Crippen LogP contribution >= 0.6 is 0 Å². The minimum atomic E-state index is -0.0963. The van der Waals surface area contributed by atoms with Gasteiger partial charge in [-0.05, 0) is 18.8 Å². The van der Waals surface area contributed by atoms with Crippen LogP contribution in [-0.4, -0.2) is 11.8 Å². The van der Waals surface area contributed by atoms with Crippen LogP contribution < -0.4 is 5.32 Å². The first-order chi connectivity index (χ1) is 8.67. The minimum absolute atomic E-state index is 0.0535. The molecule has 3 heteroatoms. The van der Waals surface area contributed by atoms with E-state index in [1.54, 1.807) is 0 Å². The Kier molecular flexibility index (Phi) is 6.99. The van der Waals surface area contributed by atoms with Gasteiger partial charge in [-0.15, -0.1) is 0 Å². The fourth-order valence-electron chi connectivity index (χ4n) is 2.69. The average molecular weight is 253 g/mol. The lowest BCUT2D eigenvalue weighted by Gasteiger charge is -2.16. The molecule has 0 aromatic heterocycles. The number of imide groups is 1. The third-order valence-electron chi connectivity index (χ3n) is 4.03. The van der Waals surface area contributed by atoms with E-state index in [0.29, 0.717) is 6.42 Å². The Balaban J connectivity index is 2.18. The molecule has 0 aromatic carbocycles. The van der Waals surface area contributed by atoms with Crippen molar-refractivity contribution >= 4 is 11.8 Å². The number of hydrogen-bond donors (Lipinski definition) is 1.